The number of hydrogen-bond donors (Lipinski definition) is 0. The standard InChI is InChI=1S/C21H23NO4S/c1-15-12-22(13-16(2)26-15)20(23)14-25-21(24)11-9-18-8-10-19(27-18)17-6-4-3-5-7-17/h3-11,15-16H,12-14H2,1-2H3/b11-9+/t15-,16-/m0/s1. The quantitative estimate of drug-likeness (QED) is 0.583. The number of hydrogen-bond acceptors (Lipinski definition) is 5. The molecule has 1 aliphatic rings. The Kier molecular flexibility index (Phi) is 6.42. The summed E-state index contributed by atoms with van der Waals surface area (Å²) in [6.45, 7) is 4.65. The van der Waals surface area contributed by atoms with Gasteiger partial charge in [-0.15, -0.1) is 11.3 Å². The Balaban J connectivity index is 1.49. The van der Waals surface area contributed by atoms with Crippen molar-refractivity contribution in [2.24, 2.45) is 0 Å². The van der Waals surface area contributed by atoms with Crippen LogP contribution in [0.2, 0.25) is 0 Å². The molecule has 6 heteroatoms. The number of benzene rings is 1. The summed E-state index contributed by atoms with van der Waals surface area (Å²) < 4.78 is 10.7. The van der Waals surface area contributed by atoms with Gasteiger partial charge in [0.15, 0.2) is 6.61 Å². The van der Waals surface area contributed by atoms with E-state index >= 15 is 0 Å². The van der Waals surface area contributed by atoms with Crippen LogP contribution in [0.1, 0.15) is 18.7 Å². The van der Waals surface area contributed by atoms with Crippen molar-refractivity contribution in [3.05, 3.63) is 53.4 Å². The van der Waals surface area contributed by atoms with E-state index in [4.69, 9.17) is 9.47 Å². The van der Waals surface area contributed by atoms with Crippen molar-refractivity contribution >= 4 is 29.3 Å². The second kappa shape index (κ2) is 8.97. The molecule has 5 nitrogen and oxygen atoms in total. The van der Waals surface area contributed by atoms with Gasteiger partial charge in [0.1, 0.15) is 0 Å². The lowest BCUT2D eigenvalue weighted by Gasteiger charge is -2.35. The van der Waals surface area contributed by atoms with Crippen LogP contribution in [0, 0.1) is 0 Å². The number of morpholine rings is 1. The van der Waals surface area contributed by atoms with Gasteiger partial charge in [0.2, 0.25) is 0 Å². The molecule has 142 valence electrons. The van der Waals surface area contributed by atoms with E-state index in [0.717, 1.165) is 15.3 Å². The molecular weight excluding hydrogens is 362 g/mol. The van der Waals surface area contributed by atoms with Gasteiger partial charge in [-0.05, 0) is 37.6 Å². The average molecular weight is 385 g/mol. The summed E-state index contributed by atoms with van der Waals surface area (Å²) in [4.78, 5) is 27.9. The smallest absolute Gasteiger partial charge is 0.331 e. The zero-order valence-electron chi connectivity index (χ0n) is 15.5. The lowest BCUT2D eigenvalue weighted by Crippen LogP contribution is -2.49. The van der Waals surface area contributed by atoms with Crippen molar-refractivity contribution in [1.82, 2.24) is 4.90 Å². The molecule has 3 rings (SSSR count). The maximum absolute atomic E-state index is 12.2. The summed E-state index contributed by atoms with van der Waals surface area (Å²) in [5, 5.41) is 0. The highest BCUT2D eigenvalue weighted by molar-refractivity contribution is 7.16. The molecule has 1 fully saturated rings. The highest BCUT2D eigenvalue weighted by Gasteiger charge is 2.26. The molecule has 0 N–H and O–H groups in total. The van der Waals surface area contributed by atoms with Gasteiger partial charge in [-0.1, -0.05) is 30.3 Å². The Bertz CT molecular complexity index is 805. The van der Waals surface area contributed by atoms with Gasteiger partial charge in [-0.3, -0.25) is 4.79 Å². The van der Waals surface area contributed by atoms with Crippen LogP contribution in [0.4, 0.5) is 0 Å². The molecule has 2 aromatic rings. The predicted molar refractivity (Wildman–Crippen MR) is 106 cm³/mol. The molecule has 2 heterocycles. The highest BCUT2D eigenvalue weighted by atomic mass is 32.1. The summed E-state index contributed by atoms with van der Waals surface area (Å²) in [5.74, 6) is -0.714. The van der Waals surface area contributed by atoms with Crippen LogP contribution in [-0.2, 0) is 19.1 Å². The van der Waals surface area contributed by atoms with Crippen molar-refractivity contribution in [3.63, 3.8) is 0 Å². The normalized spacial score (nSPS) is 20.0. The van der Waals surface area contributed by atoms with Crippen LogP contribution >= 0.6 is 11.3 Å². The SMILES string of the molecule is C[C@H]1CN(C(=O)COC(=O)/C=C/c2ccc(-c3ccccc3)s2)C[C@H](C)O1. The molecule has 2 atom stereocenters. The minimum Gasteiger partial charge on any atom is -0.452 e. The Morgan fingerprint density at radius 2 is 1.85 bits per heavy atom. The molecule has 0 unspecified atom stereocenters. The van der Waals surface area contributed by atoms with E-state index in [1.165, 1.54) is 6.08 Å². The predicted octanol–water partition coefficient (Wildman–Crippen LogP) is 3.61. The minimum atomic E-state index is -0.521. The molecule has 0 saturated carbocycles. The molecule has 0 spiro atoms. The lowest BCUT2D eigenvalue weighted by atomic mass is 10.2. The highest BCUT2D eigenvalue weighted by Crippen LogP contribution is 2.28. The van der Waals surface area contributed by atoms with Gasteiger partial charge in [-0.2, -0.15) is 0 Å². The maximum Gasteiger partial charge on any atom is 0.331 e. The van der Waals surface area contributed by atoms with Crippen LogP contribution in [0.3, 0.4) is 0 Å². The summed E-state index contributed by atoms with van der Waals surface area (Å²) in [5.41, 5.74) is 1.14. The van der Waals surface area contributed by atoms with E-state index in [2.05, 4.69) is 0 Å². The second-order valence-corrected chi connectivity index (χ2v) is 7.68. The fourth-order valence-electron chi connectivity index (χ4n) is 3.00. The first-order valence-corrected chi connectivity index (χ1v) is 9.76. The second-order valence-electron chi connectivity index (χ2n) is 6.57. The Morgan fingerprint density at radius 1 is 1.15 bits per heavy atom. The van der Waals surface area contributed by atoms with E-state index in [-0.39, 0.29) is 24.7 Å². The number of thiophene rings is 1. The molecule has 0 radical (unpaired) electrons. The van der Waals surface area contributed by atoms with Crippen molar-refractivity contribution in [3.8, 4) is 10.4 Å². The largest absolute Gasteiger partial charge is 0.452 e. The topological polar surface area (TPSA) is 55.8 Å². The first-order chi connectivity index (χ1) is 13.0. The molecule has 0 aliphatic carbocycles. The van der Waals surface area contributed by atoms with Gasteiger partial charge in [0.25, 0.3) is 5.91 Å². The zero-order valence-corrected chi connectivity index (χ0v) is 16.3. The third-order valence-electron chi connectivity index (χ3n) is 4.18. The first-order valence-electron chi connectivity index (χ1n) is 8.94. The first kappa shape index (κ1) is 19.3. The molecule has 1 saturated heterocycles. The molecular formula is C21H23NO4S. The van der Waals surface area contributed by atoms with Crippen molar-refractivity contribution in [1.29, 1.82) is 0 Å². The molecule has 1 aliphatic heterocycles. The average Bonchev–Trinajstić information content (AvgIpc) is 3.13. The number of rotatable bonds is 5. The lowest BCUT2D eigenvalue weighted by molar-refractivity contribution is -0.154. The van der Waals surface area contributed by atoms with Crippen molar-refractivity contribution < 1.29 is 19.1 Å². The summed E-state index contributed by atoms with van der Waals surface area (Å²) in [6.07, 6.45) is 3.05. The Hall–Kier alpha value is -2.44. The van der Waals surface area contributed by atoms with Gasteiger partial charge in [-0.25, -0.2) is 4.79 Å². The number of amides is 1. The summed E-state index contributed by atoms with van der Waals surface area (Å²) in [7, 11) is 0. The van der Waals surface area contributed by atoms with Gasteiger partial charge >= 0.3 is 5.97 Å². The fraction of sp³-hybridized carbons (Fsp3) is 0.333. The minimum absolute atomic E-state index is 0.00839. The Morgan fingerprint density at radius 3 is 2.56 bits per heavy atom. The number of carbonyl (C=O) groups excluding carboxylic acids is 2. The number of esters is 1. The van der Waals surface area contributed by atoms with Crippen molar-refractivity contribution in [2.75, 3.05) is 19.7 Å². The van der Waals surface area contributed by atoms with E-state index in [9.17, 15) is 9.59 Å². The van der Waals surface area contributed by atoms with Crippen LogP contribution in [0.15, 0.2) is 48.5 Å². The van der Waals surface area contributed by atoms with Gasteiger partial charge in [0, 0.05) is 28.9 Å². The monoisotopic (exact) mass is 385 g/mol. The fourth-order valence-corrected chi connectivity index (χ4v) is 3.92. The maximum atomic E-state index is 12.2. The van der Waals surface area contributed by atoms with E-state index in [1.807, 2.05) is 56.3 Å². The summed E-state index contributed by atoms with van der Waals surface area (Å²) >= 11 is 1.59. The van der Waals surface area contributed by atoms with Crippen molar-refractivity contribution in [2.45, 2.75) is 26.1 Å². The van der Waals surface area contributed by atoms with E-state index in [0.29, 0.717) is 13.1 Å². The number of carbonyl (C=O) groups is 2. The van der Waals surface area contributed by atoms with E-state index < -0.39 is 5.97 Å². The molecule has 1 aromatic carbocycles. The number of ether oxygens (including phenoxy) is 2. The Labute approximate surface area is 163 Å². The van der Waals surface area contributed by atoms with Crippen LogP contribution in [0.5, 0.6) is 0 Å². The molecule has 1 amide bonds. The molecule has 0 bridgehead atoms. The third kappa shape index (κ3) is 5.52. The van der Waals surface area contributed by atoms with Crippen LogP contribution < -0.4 is 0 Å². The van der Waals surface area contributed by atoms with Gasteiger partial charge < -0.3 is 14.4 Å². The third-order valence-corrected chi connectivity index (χ3v) is 5.28. The van der Waals surface area contributed by atoms with E-state index in [1.54, 1.807) is 22.3 Å². The van der Waals surface area contributed by atoms with Crippen LogP contribution in [0.25, 0.3) is 16.5 Å². The van der Waals surface area contributed by atoms with Gasteiger partial charge in [0.05, 0.1) is 12.2 Å². The van der Waals surface area contributed by atoms with Crippen LogP contribution in [-0.4, -0.2) is 48.7 Å². The summed E-state index contributed by atoms with van der Waals surface area (Å²) in [6, 6.07) is 14.0. The number of nitrogens with zero attached hydrogens (tertiary/aromatic N) is 1. The zero-order chi connectivity index (χ0) is 19.2. The molecule has 27 heavy (non-hydrogen) atoms. The molecule has 1 aromatic heterocycles.